The number of rotatable bonds is 12. The molecule has 0 aromatic carbocycles. The van der Waals surface area contributed by atoms with E-state index in [9.17, 15) is 28.8 Å². The van der Waals surface area contributed by atoms with Crippen molar-refractivity contribution in [1.29, 1.82) is 0 Å². The summed E-state index contributed by atoms with van der Waals surface area (Å²) < 4.78 is 0. The number of aliphatic carboxylic acids is 2. The van der Waals surface area contributed by atoms with E-state index in [1.807, 2.05) is 0 Å². The van der Waals surface area contributed by atoms with Crippen LogP contribution < -0.4 is 16.0 Å². The highest BCUT2D eigenvalue weighted by atomic mass is 32.1. The molecule has 0 unspecified atom stereocenters. The second kappa shape index (κ2) is 11.8. The zero-order chi connectivity index (χ0) is 20.3. The fourth-order valence-electron chi connectivity index (χ4n) is 1.75. The van der Waals surface area contributed by atoms with Gasteiger partial charge in [0.15, 0.2) is 0 Å². The van der Waals surface area contributed by atoms with Crippen LogP contribution in [0.4, 0.5) is 0 Å². The molecule has 146 valence electrons. The number of amides is 3. The Balaban J connectivity index is 4.55. The van der Waals surface area contributed by atoms with Crippen LogP contribution in [0.25, 0.3) is 0 Å². The fourth-order valence-corrected chi connectivity index (χ4v) is 2.01. The fraction of sp³-hybridized carbons (Fsp3) is 0.571. The summed E-state index contributed by atoms with van der Waals surface area (Å²) in [5.74, 6) is -5.37. The van der Waals surface area contributed by atoms with Crippen LogP contribution >= 0.6 is 12.6 Å². The van der Waals surface area contributed by atoms with Crippen LogP contribution in [0.3, 0.4) is 0 Å². The summed E-state index contributed by atoms with van der Waals surface area (Å²) in [6.45, 7) is 0.554. The van der Waals surface area contributed by atoms with Crippen LogP contribution in [0.5, 0.6) is 0 Å². The maximum Gasteiger partial charge on any atom is 0.326 e. The van der Waals surface area contributed by atoms with Crippen molar-refractivity contribution in [3.05, 3.63) is 0 Å². The molecule has 0 aliphatic rings. The number of ketones is 1. The highest BCUT2D eigenvalue weighted by Gasteiger charge is 2.24. The predicted molar refractivity (Wildman–Crippen MR) is 90.5 cm³/mol. The topological polar surface area (TPSA) is 179 Å². The van der Waals surface area contributed by atoms with Gasteiger partial charge in [0.05, 0.1) is 6.42 Å². The summed E-state index contributed by atoms with van der Waals surface area (Å²) in [5.41, 5.74) is 0. The molecule has 0 saturated heterocycles. The molecule has 0 rings (SSSR count). The molecule has 0 aromatic heterocycles. The molecule has 0 saturated carbocycles. The minimum atomic E-state index is -1.38. The third kappa shape index (κ3) is 10.3. The summed E-state index contributed by atoms with van der Waals surface area (Å²) in [6, 6.07) is -2.47. The molecule has 5 N–H and O–H groups in total. The Bertz CT molecular complexity index is 581. The Kier molecular flexibility index (Phi) is 10.6. The molecule has 0 heterocycles. The summed E-state index contributed by atoms with van der Waals surface area (Å²) in [4.78, 5) is 67.3. The number of thiol groups is 1. The van der Waals surface area contributed by atoms with Crippen LogP contribution in [-0.4, -0.2) is 70.0 Å². The number of Topliss-reactive ketones (excluding diaryl/α,β-unsaturated/α-hetero) is 1. The van der Waals surface area contributed by atoms with E-state index in [2.05, 4.69) is 28.6 Å². The molecule has 12 heteroatoms. The Hall–Kier alpha value is -2.63. The van der Waals surface area contributed by atoms with Gasteiger partial charge in [-0.3, -0.25) is 24.0 Å². The van der Waals surface area contributed by atoms with Crippen molar-refractivity contribution in [3.8, 4) is 0 Å². The quantitative estimate of drug-likeness (QED) is 0.162. The maximum absolute atomic E-state index is 11.8. The third-order valence-electron chi connectivity index (χ3n) is 2.95. The standard InChI is InChI=1S/C14H21N3O8S/c1-7(18)4-11(20)16-8(14(24)25)2-3-10(19)17-9(6-26)13(23)15-5-12(21)22/h8-9,26H,2-6H2,1H3,(H,15,23)(H,16,20)(H,17,19)(H,21,22)(H,24,25)/t8-,9-/m0/s1. The average molecular weight is 391 g/mol. The van der Waals surface area contributed by atoms with E-state index in [1.165, 1.54) is 6.92 Å². The summed E-state index contributed by atoms with van der Waals surface area (Å²) in [5, 5.41) is 24.0. The van der Waals surface area contributed by atoms with Gasteiger partial charge in [-0.05, 0) is 13.3 Å². The highest BCUT2D eigenvalue weighted by molar-refractivity contribution is 7.80. The van der Waals surface area contributed by atoms with Crippen molar-refractivity contribution >= 4 is 48.1 Å². The van der Waals surface area contributed by atoms with E-state index in [1.54, 1.807) is 0 Å². The number of hydrogen-bond acceptors (Lipinski definition) is 7. The van der Waals surface area contributed by atoms with Crippen molar-refractivity contribution in [2.24, 2.45) is 0 Å². The van der Waals surface area contributed by atoms with Crippen molar-refractivity contribution in [2.75, 3.05) is 12.3 Å². The van der Waals surface area contributed by atoms with E-state index in [0.717, 1.165) is 0 Å². The van der Waals surface area contributed by atoms with Crippen molar-refractivity contribution < 1.29 is 39.0 Å². The molecule has 0 fully saturated rings. The zero-order valence-electron chi connectivity index (χ0n) is 14.0. The van der Waals surface area contributed by atoms with E-state index in [-0.39, 0.29) is 18.6 Å². The van der Waals surface area contributed by atoms with E-state index >= 15 is 0 Å². The normalized spacial score (nSPS) is 12.4. The van der Waals surface area contributed by atoms with E-state index < -0.39 is 60.5 Å². The third-order valence-corrected chi connectivity index (χ3v) is 3.32. The van der Waals surface area contributed by atoms with Crippen molar-refractivity contribution in [2.45, 2.75) is 38.3 Å². The minimum absolute atomic E-state index is 0.102. The van der Waals surface area contributed by atoms with Crippen LogP contribution in [0.15, 0.2) is 0 Å². The number of nitrogens with one attached hydrogen (secondary N) is 3. The van der Waals surface area contributed by atoms with Gasteiger partial charge in [-0.15, -0.1) is 0 Å². The highest BCUT2D eigenvalue weighted by Crippen LogP contribution is 2.01. The predicted octanol–water partition coefficient (Wildman–Crippen LogP) is -2.07. The molecule has 0 spiro atoms. The van der Waals surface area contributed by atoms with Crippen LogP contribution in [0.2, 0.25) is 0 Å². The monoisotopic (exact) mass is 391 g/mol. The van der Waals surface area contributed by atoms with Crippen LogP contribution in [-0.2, 0) is 28.8 Å². The second-order valence-electron chi connectivity index (χ2n) is 5.29. The van der Waals surface area contributed by atoms with Gasteiger partial charge >= 0.3 is 11.9 Å². The van der Waals surface area contributed by atoms with Gasteiger partial charge in [-0.1, -0.05) is 0 Å². The molecule has 0 aliphatic heterocycles. The Morgan fingerprint density at radius 2 is 1.54 bits per heavy atom. The second-order valence-corrected chi connectivity index (χ2v) is 5.66. The number of carbonyl (C=O) groups is 6. The van der Waals surface area contributed by atoms with Gasteiger partial charge < -0.3 is 26.2 Å². The van der Waals surface area contributed by atoms with Crippen LogP contribution in [0, 0.1) is 0 Å². The van der Waals surface area contributed by atoms with Gasteiger partial charge in [0.25, 0.3) is 0 Å². The molecule has 0 radical (unpaired) electrons. The number of carboxylic acids is 2. The molecule has 0 aliphatic carbocycles. The first-order valence-electron chi connectivity index (χ1n) is 7.48. The van der Waals surface area contributed by atoms with Gasteiger partial charge in [0.2, 0.25) is 17.7 Å². The zero-order valence-corrected chi connectivity index (χ0v) is 14.9. The van der Waals surface area contributed by atoms with E-state index in [4.69, 9.17) is 10.2 Å². The Morgan fingerprint density at radius 1 is 0.962 bits per heavy atom. The van der Waals surface area contributed by atoms with Gasteiger partial charge in [0.1, 0.15) is 24.4 Å². The van der Waals surface area contributed by atoms with Crippen LogP contribution in [0.1, 0.15) is 26.2 Å². The smallest absolute Gasteiger partial charge is 0.326 e. The molecular weight excluding hydrogens is 370 g/mol. The number of carboxylic acid groups (broad SMARTS) is 2. The summed E-state index contributed by atoms with van der Waals surface area (Å²) in [6.07, 6.45) is -1.06. The molecule has 0 aromatic rings. The lowest BCUT2D eigenvalue weighted by molar-refractivity contribution is -0.142. The molecular formula is C14H21N3O8S. The first kappa shape index (κ1) is 23.4. The lowest BCUT2D eigenvalue weighted by Crippen LogP contribution is -2.49. The van der Waals surface area contributed by atoms with Gasteiger partial charge in [-0.2, -0.15) is 12.6 Å². The first-order valence-corrected chi connectivity index (χ1v) is 8.11. The number of carbonyl (C=O) groups excluding carboxylic acids is 4. The molecule has 11 nitrogen and oxygen atoms in total. The molecule has 3 amide bonds. The first-order chi connectivity index (χ1) is 12.1. The van der Waals surface area contributed by atoms with Crippen molar-refractivity contribution in [3.63, 3.8) is 0 Å². The summed E-state index contributed by atoms with van der Waals surface area (Å²) >= 11 is 3.89. The average Bonchev–Trinajstić information content (AvgIpc) is 2.53. The van der Waals surface area contributed by atoms with Gasteiger partial charge in [0, 0.05) is 12.2 Å². The molecule has 0 bridgehead atoms. The molecule has 26 heavy (non-hydrogen) atoms. The Labute approximate surface area is 154 Å². The lowest BCUT2D eigenvalue weighted by atomic mass is 10.1. The largest absolute Gasteiger partial charge is 0.480 e. The lowest BCUT2D eigenvalue weighted by Gasteiger charge is -2.17. The maximum atomic E-state index is 11.8. The van der Waals surface area contributed by atoms with Crippen molar-refractivity contribution in [1.82, 2.24) is 16.0 Å². The minimum Gasteiger partial charge on any atom is -0.480 e. The SMILES string of the molecule is CC(=O)CC(=O)N[C@@H](CCC(=O)N[C@@H](CS)C(=O)NCC(=O)O)C(=O)O. The van der Waals surface area contributed by atoms with E-state index in [0.29, 0.717) is 0 Å². The Morgan fingerprint density at radius 3 is 2.00 bits per heavy atom. The number of hydrogen-bond donors (Lipinski definition) is 6. The summed E-state index contributed by atoms with van der Waals surface area (Å²) in [7, 11) is 0. The van der Waals surface area contributed by atoms with Gasteiger partial charge in [-0.25, -0.2) is 4.79 Å². The molecule has 2 atom stereocenters.